The van der Waals surface area contributed by atoms with Crippen LogP contribution in [0.25, 0.3) is 16.7 Å². The number of phenols is 1. The van der Waals surface area contributed by atoms with Gasteiger partial charge in [0.2, 0.25) is 5.89 Å². The van der Waals surface area contributed by atoms with Gasteiger partial charge in [0.25, 0.3) is 0 Å². The van der Waals surface area contributed by atoms with E-state index in [1.165, 1.54) is 24.4 Å². The van der Waals surface area contributed by atoms with Gasteiger partial charge >= 0.3 is 5.97 Å². The summed E-state index contributed by atoms with van der Waals surface area (Å²) in [5, 5.41) is 30.6. The molecule has 0 unspecified atom stereocenters. The van der Waals surface area contributed by atoms with E-state index in [4.69, 9.17) is 9.52 Å². The Kier molecular flexibility index (Phi) is 3.87. The van der Waals surface area contributed by atoms with Crippen molar-refractivity contribution in [3.8, 4) is 11.8 Å². The molecule has 0 spiro atoms. The number of oxazole rings is 1. The van der Waals surface area contributed by atoms with Crippen LogP contribution in [0.2, 0.25) is 0 Å². The monoisotopic (exact) mass is 321 g/mol. The predicted molar refractivity (Wildman–Crippen MR) is 86.3 cm³/mol. The second-order valence-electron chi connectivity index (χ2n) is 4.84. The number of nitriles is 1. The second kappa shape index (κ2) is 6.14. The van der Waals surface area contributed by atoms with E-state index < -0.39 is 5.97 Å². The SMILES string of the molecule is N#CC(=CNc1ccc(O)c(C(=O)O)c1)c1nc2ccccc2o1. The number of allylic oxidation sites excluding steroid dienone is 1. The third-order valence-electron chi connectivity index (χ3n) is 3.25. The zero-order valence-electron chi connectivity index (χ0n) is 12.2. The molecule has 24 heavy (non-hydrogen) atoms. The highest BCUT2D eigenvalue weighted by Gasteiger charge is 2.12. The van der Waals surface area contributed by atoms with Gasteiger partial charge in [0.1, 0.15) is 28.5 Å². The summed E-state index contributed by atoms with van der Waals surface area (Å²) in [6.07, 6.45) is 1.36. The Morgan fingerprint density at radius 1 is 1.29 bits per heavy atom. The molecule has 0 aliphatic rings. The van der Waals surface area contributed by atoms with Crippen molar-refractivity contribution in [2.75, 3.05) is 5.32 Å². The molecule has 0 fully saturated rings. The molecule has 3 N–H and O–H groups in total. The number of carboxylic acid groups (broad SMARTS) is 1. The van der Waals surface area contributed by atoms with E-state index >= 15 is 0 Å². The molecule has 0 saturated carbocycles. The summed E-state index contributed by atoms with van der Waals surface area (Å²) < 4.78 is 5.51. The largest absolute Gasteiger partial charge is 0.507 e. The Morgan fingerprint density at radius 3 is 2.79 bits per heavy atom. The molecule has 118 valence electrons. The number of aromatic carboxylic acids is 1. The molecule has 7 nitrogen and oxygen atoms in total. The Balaban J connectivity index is 1.90. The van der Waals surface area contributed by atoms with Crippen LogP contribution in [0, 0.1) is 11.3 Å². The topological polar surface area (TPSA) is 119 Å². The lowest BCUT2D eigenvalue weighted by Gasteiger charge is -2.04. The van der Waals surface area contributed by atoms with Gasteiger partial charge in [-0.25, -0.2) is 9.78 Å². The first kappa shape index (κ1) is 15.1. The lowest BCUT2D eigenvalue weighted by Crippen LogP contribution is -1.99. The third-order valence-corrected chi connectivity index (χ3v) is 3.25. The van der Waals surface area contributed by atoms with Crippen LogP contribution in [-0.2, 0) is 0 Å². The van der Waals surface area contributed by atoms with E-state index in [2.05, 4.69) is 10.3 Å². The van der Waals surface area contributed by atoms with E-state index in [9.17, 15) is 15.2 Å². The minimum absolute atomic E-state index is 0.149. The number of anilines is 1. The van der Waals surface area contributed by atoms with Crippen molar-refractivity contribution in [1.29, 1.82) is 5.26 Å². The molecule has 1 heterocycles. The van der Waals surface area contributed by atoms with Crippen molar-refractivity contribution in [2.45, 2.75) is 0 Å². The molecule has 0 saturated heterocycles. The smallest absolute Gasteiger partial charge is 0.339 e. The van der Waals surface area contributed by atoms with E-state index in [1.54, 1.807) is 18.2 Å². The number of nitrogens with zero attached hydrogens (tertiary/aromatic N) is 2. The Morgan fingerprint density at radius 2 is 2.08 bits per heavy atom. The number of hydrogen-bond donors (Lipinski definition) is 3. The van der Waals surface area contributed by atoms with E-state index in [0.717, 1.165) is 0 Å². The minimum atomic E-state index is -1.25. The van der Waals surface area contributed by atoms with Crippen molar-refractivity contribution in [1.82, 2.24) is 4.98 Å². The molecule has 0 aliphatic heterocycles. The fourth-order valence-electron chi connectivity index (χ4n) is 2.08. The molecule has 0 atom stereocenters. The van der Waals surface area contributed by atoms with Gasteiger partial charge in [0, 0.05) is 11.9 Å². The first-order chi connectivity index (χ1) is 11.6. The lowest BCUT2D eigenvalue weighted by molar-refractivity contribution is 0.0694. The normalized spacial score (nSPS) is 11.2. The summed E-state index contributed by atoms with van der Waals surface area (Å²) in [4.78, 5) is 15.2. The average Bonchev–Trinajstić information content (AvgIpc) is 3.00. The van der Waals surface area contributed by atoms with Crippen LogP contribution in [0.4, 0.5) is 5.69 Å². The Hall–Kier alpha value is -3.79. The maximum atomic E-state index is 11.0. The lowest BCUT2D eigenvalue weighted by atomic mass is 10.2. The Labute approximate surface area is 136 Å². The quantitative estimate of drug-likeness (QED) is 0.498. The number of rotatable bonds is 4. The van der Waals surface area contributed by atoms with Crippen LogP contribution >= 0.6 is 0 Å². The maximum absolute atomic E-state index is 11.0. The molecule has 0 bridgehead atoms. The minimum Gasteiger partial charge on any atom is -0.507 e. The van der Waals surface area contributed by atoms with Crippen molar-refractivity contribution in [2.24, 2.45) is 0 Å². The zero-order valence-corrected chi connectivity index (χ0v) is 12.2. The summed E-state index contributed by atoms with van der Waals surface area (Å²) >= 11 is 0. The number of carbonyl (C=O) groups is 1. The maximum Gasteiger partial charge on any atom is 0.339 e. The molecular weight excluding hydrogens is 310 g/mol. The second-order valence-corrected chi connectivity index (χ2v) is 4.84. The van der Waals surface area contributed by atoms with Crippen LogP contribution in [0.3, 0.4) is 0 Å². The summed E-state index contributed by atoms with van der Waals surface area (Å²) in [5.74, 6) is -1.43. The molecular formula is C17H11N3O4. The van der Waals surface area contributed by atoms with Gasteiger partial charge in [0.15, 0.2) is 5.58 Å². The number of aromatic hydroxyl groups is 1. The molecule has 0 aliphatic carbocycles. The number of para-hydroxylation sites is 2. The molecule has 0 amide bonds. The highest BCUT2D eigenvalue weighted by atomic mass is 16.4. The third kappa shape index (κ3) is 2.89. The first-order valence-electron chi connectivity index (χ1n) is 6.87. The van der Waals surface area contributed by atoms with Crippen molar-refractivity contribution < 1.29 is 19.4 Å². The van der Waals surface area contributed by atoms with E-state index in [0.29, 0.717) is 16.8 Å². The van der Waals surface area contributed by atoms with Gasteiger partial charge in [-0.1, -0.05) is 12.1 Å². The Bertz CT molecular complexity index is 965. The number of carboxylic acids is 1. The summed E-state index contributed by atoms with van der Waals surface area (Å²) in [7, 11) is 0. The summed E-state index contributed by atoms with van der Waals surface area (Å²) in [6, 6.07) is 13.1. The average molecular weight is 321 g/mol. The number of fused-ring (bicyclic) bond motifs is 1. The van der Waals surface area contributed by atoms with E-state index in [1.807, 2.05) is 12.1 Å². The van der Waals surface area contributed by atoms with Gasteiger partial charge in [-0.05, 0) is 30.3 Å². The number of benzene rings is 2. The van der Waals surface area contributed by atoms with Crippen LogP contribution < -0.4 is 5.32 Å². The summed E-state index contributed by atoms with van der Waals surface area (Å²) in [5.41, 5.74) is 1.50. The van der Waals surface area contributed by atoms with Crippen molar-refractivity contribution >= 4 is 28.3 Å². The fourth-order valence-corrected chi connectivity index (χ4v) is 2.08. The van der Waals surface area contributed by atoms with Crippen LogP contribution in [0.1, 0.15) is 16.2 Å². The predicted octanol–water partition coefficient (Wildman–Crippen LogP) is 3.21. The molecule has 3 aromatic rings. The number of nitrogens with one attached hydrogen (secondary N) is 1. The number of hydrogen-bond acceptors (Lipinski definition) is 6. The van der Waals surface area contributed by atoms with Gasteiger partial charge in [-0.15, -0.1) is 0 Å². The van der Waals surface area contributed by atoms with Gasteiger partial charge in [-0.2, -0.15) is 5.26 Å². The molecule has 0 radical (unpaired) electrons. The number of aromatic nitrogens is 1. The van der Waals surface area contributed by atoms with E-state index in [-0.39, 0.29) is 22.8 Å². The summed E-state index contributed by atoms with van der Waals surface area (Å²) in [6.45, 7) is 0. The van der Waals surface area contributed by atoms with Crippen LogP contribution in [-0.4, -0.2) is 21.2 Å². The van der Waals surface area contributed by atoms with Crippen LogP contribution in [0.15, 0.2) is 53.1 Å². The highest BCUT2D eigenvalue weighted by molar-refractivity contribution is 5.92. The molecule has 1 aromatic heterocycles. The fraction of sp³-hybridized carbons (Fsp3) is 0. The zero-order chi connectivity index (χ0) is 17.1. The standard InChI is InChI=1S/C17H11N3O4/c18-8-10(16-20-13-3-1-2-4-15(13)24-16)9-19-11-5-6-14(21)12(7-11)17(22)23/h1-7,9,19,21H,(H,22,23). The van der Waals surface area contributed by atoms with Gasteiger partial charge in [-0.3, -0.25) is 0 Å². The van der Waals surface area contributed by atoms with Crippen molar-refractivity contribution in [3.05, 3.63) is 60.1 Å². The van der Waals surface area contributed by atoms with Crippen LogP contribution in [0.5, 0.6) is 5.75 Å². The highest BCUT2D eigenvalue weighted by Crippen LogP contribution is 2.23. The van der Waals surface area contributed by atoms with Gasteiger partial charge < -0.3 is 19.9 Å². The molecule has 7 heteroatoms. The molecule has 3 rings (SSSR count). The van der Waals surface area contributed by atoms with Gasteiger partial charge in [0.05, 0.1) is 0 Å². The first-order valence-corrected chi connectivity index (χ1v) is 6.87. The molecule has 2 aromatic carbocycles. The van der Waals surface area contributed by atoms with Crippen molar-refractivity contribution in [3.63, 3.8) is 0 Å².